The predicted octanol–water partition coefficient (Wildman–Crippen LogP) is 2.25. The minimum absolute atomic E-state index is 0.0890. The number of carbonyl (C=O) groups is 1. The number of methoxy groups -OCH3 is 1. The average molecular weight is 306 g/mol. The molecule has 0 atom stereocenters. The zero-order valence-electron chi connectivity index (χ0n) is 13.6. The Bertz CT molecular complexity index is 560. The van der Waals surface area contributed by atoms with Crippen molar-refractivity contribution in [3.8, 4) is 5.75 Å². The molecule has 0 unspecified atom stereocenters. The van der Waals surface area contributed by atoms with Crippen LogP contribution in [0.3, 0.4) is 0 Å². The number of hydrogen-bond acceptors (Lipinski definition) is 3. The van der Waals surface area contributed by atoms with Crippen LogP contribution in [-0.2, 0) is 11.3 Å². The van der Waals surface area contributed by atoms with Crippen LogP contribution in [0.2, 0.25) is 0 Å². The molecule has 0 aromatic carbocycles. The highest BCUT2D eigenvalue weighted by Crippen LogP contribution is 2.28. The van der Waals surface area contributed by atoms with Crippen molar-refractivity contribution in [3.63, 3.8) is 0 Å². The molecule has 1 fully saturated rings. The third-order valence-corrected chi connectivity index (χ3v) is 4.46. The number of nitrogens with one attached hydrogen (secondary N) is 1. The lowest BCUT2D eigenvalue weighted by Gasteiger charge is -2.12. The summed E-state index contributed by atoms with van der Waals surface area (Å²) < 4.78 is 6.72. The van der Waals surface area contributed by atoms with E-state index in [2.05, 4.69) is 5.32 Å². The SMILES string of the molecule is COc1cc(C)n(CCNC(=O)CCC2CCCC2)c(=O)c1. The van der Waals surface area contributed by atoms with Crippen molar-refractivity contribution in [1.82, 2.24) is 9.88 Å². The maximum Gasteiger partial charge on any atom is 0.254 e. The van der Waals surface area contributed by atoms with Crippen molar-refractivity contribution in [1.29, 1.82) is 0 Å². The second kappa shape index (κ2) is 8.01. The number of ether oxygens (including phenoxy) is 1. The number of nitrogens with zero attached hydrogens (tertiary/aromatic N) is 1. The summed E-state index contributed by atoms with van der Waals surface area (Å²) in [7, 11) is 1.54. The Balaban J connectivity index is 1.76. The van der Waals surface area contributed by atoms with Gasteiger partial charge in [0, 0.05) is 31.3 Å². The molecule has 5 heteroatoms. The Morgan fingerprint density at radius 1 is 1.36 bits per heavy atom. The molecule has 0 spiro atoms. The predicted molar refractivity (Wildman–Crippen MR) is 86.2 cm³/mol. The number of hydrogen-bond donors (Lipinski definition) is 1. The lowest BCUT2D eigenvalue weighted by atomic mass is 10.0. The van der Waals surface area contributed by atoms with E-state index in [1.165, 1.54) is 31.7 Å². The summed E-state index contributed by atoms with van der Waals surface area (Å²) in [4.78, 5) is 23.8. The van der Waals surface area contributed by atoms with Crippen molar-refractivity contribution < 1.29 is 9.53 Å². The number of carbonyl (C=O) groups excluding carboxylic acids is 1. The zero-order chi connectivity index (χ0) is 15.9. The summed E-state index contributed by atoms with van der Waals surface area (Å²) in [5.41, 5.74) is 0.738. The first-order chi connectivity index (χ1) is 10.6. The van der Waals surface area contributed by atoms with Gasteiger partial charge >= 0.3 is 0 Å². The Labute approximate surface area is 131 Å². The minimum atomic E-state index is -0.0999. The summed E-state index contributed by atoms with van der Waals surface area (Å²) in [5.74, 6) is 1.39. The Kier molecular flexibility index (Phi) is 6.04. The normalized spacial score (nSPS) is 15.0. The molecule has 22 heavy (non-hydrogen) atoms. The van der Waals surface area contributed by atoms with E-state index >= 15 is 0 Å². The molecule has 1 aromatic heterocycles. The Hall–Kier alpha value is -1.78. The number of aryl methyl sites for hydroxylation is 1. The van der Waals surface area contributed by atoms with Gasteiger partial charge in [0.25, 0.3) is 5.56 Å². The lowest BCUT2D eigenvalue weighted by Crippen LogP contribution is -2.31. The zero-order valence-corrected chi connectivity index (χ0v) is 13.6. The molecular formula is C17H26N2O3. The molecule has 5 nitrogen and oxygen atoms in total. The van der Waals surface area contributed by atoms with Gasteiger partial charge in [-0.3, -0.25) is 9.59 Å². The van der Waals surface area contributed by atoms with E-state index in [0.29, 0.717) is 25.3 Å². The molecule has 1 aliphatic carbocycles. The van der Waals surface area contributed by atoms with Crippen molar-refractivity contribution >= 4 is 5.91 Å². The van der Waals surface area contributed by atoms with Gasteiger partial charge in [0.05, 0.1) is 7.11 Å². The summed E-state index contributed by atoms with van der Waals surface area (Å²) in [6.45, 7) is 2.84. The van der Waals surface area contributed by atoms with Gasteiger partial charge in [-0.25, -0.2) is 0 Å². The summed E-state index contributed by atoms with van der Waals surface area (Å²) in [5, 5.41) is 2.91. The van der Waals surface area contributed by atoms with Gasteiger partial charge in [0.1, 0.15) is 5.75 Å². The second-order valence-corrected chi connectivity index (χ2v) is 6.07. The van der Waals surface area contributed by atoms with E-state index in [1.807, 2.05) is 13.0 Å². The molecule has 1 saturated carbocycles. The molecule has 1 heterocycles. The summed E-state index contributed by atoms with van der Waals surface area (Å²) in [6, 6.07) is 3.29. The van der Waals surface area contributed by atoms with E-state index in [4.69, 9.17) is 4.74 Å². The molecule has 0 aliphatic heterocycles. The van der Waals surface area contributed by atoms with Crippen molar-refractivity contribution in [2.24, 2.45) is 5.92 Å². The van der Waals surface area contributed by atoms with Crippen LogP contribution in [0.4, 0.5) is 0 Å². The largest absolute Gasteiger partial charge is 0.496 e. The van der Waals surface area contributed by atoms with Crippen LogP contribution in [0.1, 0.15) is 44.2 Å². The molecule has 0 saturated heterocycles. The van der Waals surface area contributed by atoms with E-state index in [9.17, 15) is 9.59 Å². The van der Waals surface area contributed by atoms with Crippen molar-refractivity contribution in [3.05, 3.63) is 28.2 Å². The van der Waals surface area contributed by atoms with E-state index in [1.54, 1.807) is 11.7 Å². The minimum Gasteiger partial charge on any atom is -0.496 e. The molecule has 1 aliphatic rings. The fourth-order valence-corrected chi connectivity index (χ4v) is 3.13. The average Bonchev–Trinajstić information content (AvgIpc) is 3.01. The molecule has 122 valence electrons. The highest BCUT2D eigenvalue weighted by Gasteiger charge is 2.16. The molecule has 1 amide bonds. The Morgan fingerprint density at radius 2 is 2.09 bits per heavy atom. The highest BCUT2D eigenvalue weighted by molar-refractivity contribution is 5.75. The summed E-state index contributed by atoms with van der Waals surface area (Å²) in [6.07, 6.45) is 6.76. The number of rotatable bonds is 7. The van der Waals surface area contributed by atoms with Gasteiger partial charge in [-0.2, -0.15) is 0 Å². The number of aromatic nitrogens is 1. The summed E-state index contributed by atoms with van der Waals surface area (Å²) >= 11 is 0. The fourth-order valence-electron chi connectivity index (χ4n) is 3.13. The van der Waals surface area contributed by atoms with Crippen molar-refractivity contribution in [2.75, 3.05) is 13.7 Å². The topological polar surface area (TPSA) is 60.3 Å². The van der Waals surface area contributed by atoms with Crippen LogP contribution in [-0.4, -0.2) is 24.1 Å². The van der Waals surface area contributed by atoms with Crippen LogP contribution in [0.25, 0.3) is 0 Å². The quantitative estimate of drug-likeness (QED) is 0.840. The van der Waals surface area contributed by atoms with Crippen LogP contribution in [0.15, 0.2) is 16.9 Å². The van der Waals surface area contributed by atoms with Crippen LogP contribution >= 0.6 is 0 Å². The monoisotopic (exact) mass is 306 g/mol. The molecule has 1 aromatic rings. The van der Waals surface area contributed by atoms with Gasteiger partial charge < -0.3 is 14.6 Å². The maximum absolute atomic E-state index is 12.0. The first-order valence-electron chi connectivity index (χ1n) is 8.12. The highest BCUT2D eigenvalue weighted by atomic mass is 16.5. The lowest BCUT2D eigenvalue weighted by molar-refractivity contribution is -0.121. The van der Waals surface area contributed by atoms with Gasteiger partial charge in [-0.05, 0) is 25.3 Å². The van der Waals surface area contributed by atoms with E-state index < -0.39 is 0 Å². The standard InChI is InChI=1S/C17H26N2O3/c1-13-11-15(22-2)12-17(21)19(13)10-9-18-16(20)8-7-14-5-3-4-6-14/h11-12,14H,3-10H2,1-2H3,(H,18,20). The molecule has 0 radical (unpaired) electrons. The van der Waals surface area contributed by atoms with Gasteiger partial charge in [0.2, 0.25) is 5.91 Å². The molecule has 1 N–H and O–H groups in total. The van der Waals surface area contributed by atoms with E-state index in [0.717, 1.165) is 18.0 Å². The fraction of sp³-hybridized carbons (Fsp3) is 0.647. The molecule has 2 rings (SSSR count). The van der Waals surface area contributed by atoms with E-state index in [-0.39, 0.29) is 11.5 Å². The van der Waals surface area contributed by atoms with Crippen LogP contribution in [0.5, 0.6) is 5.75 Å². The molecule has 0 bridgehead atoms. The third kappa shape index (κ3) is 4.61. The first kappa shape index (κ1) is 16.6. The first-order valence-corrected chi connectivity index (χ1v) is 8.12. The van der Waals surface area contributed by atoms with Crippen molar-refractivity contribution in [2.45, 2.75) is 52.0 Å². The maximum atomic E-state index is 12.0. The van der Waals surface area contributed by atoms with Gasteiger partial charge in [-0.1, -0.05) is 25.7 Å². The number of amides is 1. The third-order valence-electron chi connectivity index (χ3n) is 4.46. The van der Waals surface area contributed by atoms with Crippen LogP contribution < -0.4 is 15.6 Å². The number of pyridine rings is 1. The molecular weight excluding hydrogens is 280 g/mol. The van der Waals surface area contributed by atoms with Gasteiger partial charge in [0.15, 0.2) is 0 Å². The Morgan fingerprint density at radius 3 is 2.73 bits per heavy atom. The van der Waals surface area contributed by atoms with Gasteiger partial charge in [-0.15, -0.1) is 0 Å². The van der Waals surface area contributed by atoms with Crippen LogP contribution in [0, 0.1) is 12.8 Å². The smallest absolute Gasteiger partial charge is 0.254 e. The second-order valence-electron chi connectivity index (χ2n) is 6.07.